The predicted molar refractivity (Wildman–Crippen MR) is 72.9 cm³/mol. The molecule has 2 fully saturated rings. The summed E-state index contributed by atoms with van der Waals surface area (Å²) in [5.41, 5.74) is 1.37. The fourth-order valence-electron chi connectivity index (χ4n) is 3.55. The van der Waals surface area contributed by atoms with Crippen LogP contribution < -0.4 is 0 Å². The summed E-state index contributed by atoms with van der Waals surface area (Å²) >= 11 is 0. The lowest BCUT2D eigenvalue weighted by Gasteiger charge is -2.28. The Labute approximate surface area is 106 Å². The van der Waals surface area contributed by atoms with Gasteiger partial charge in [0.2, 0.25) is 0 Å². The lowest BCUT2D eigenvalue weighted by molar-refractivity contribution is 0.284. The van der Waals surface area contributed by atoms with Crippen molar-refractivity contribution in [3.05, 3.63) is 11.6 Å². The minimum atomic E-state index is 0.302. The maximum absolute atomic E-state index is 9.59. The molecule has 1 N–H and O–H groups in total. The highest BCUT2D eigenvalue weighted by atomic mass is 16.3. The zero-order chi connectivity index (χ0) is 12.1. The normalized spacial score (nSPS) is 32.7. The van der Waals surface area contributed by atoms with Gasteiger partial charge in [0.1, 0.15) is 0 Å². The van der Waals surface area contributed by atoms with Gasteiger partial charge in [0.25, 0.3) is 0 Å². The van der Waals surface area contributed by atoms with E-state index < -0.39 is 0 Å². The second kappa shape index (κ2) is 6.58. The molecule has 2 aliphatic rings. The molecule has 2 aliphatic carbocycles. The number of allylic oxidation sites excluding steroid dienone is 1. The Kier molecular flexibility index (Phi) is 5.09. The number of aliphatic hydroxyl groups excluding tert-OH is 1. The number of aliphatic hydroxyl groups is 1. The molecular weight excluding hydrogens is 208 g/mol. The molecule has 1 nitrogen and oxygen atoms in total. The molecular formula is C16H28O. The SMILES string of the molecule is CC1CCC(C=C(CO)C2CCCCC2)CC1. The first-order chi connectivity index (χ1) is 8.29. The van der Waals surface area contributed by atoms with Gasteiger partial charge in [0.05, 0.1) is 6.61 Å². The van der Waals surface area contributed by atoms with Gasteiger partial charge in [0, 0.05) is 0 Å². The first-order valence-electron chi connectivity index (χ1n) is 7.61. The van der Waals surface area contributed by atoms with Crippen LogP contribution >= 0.6 is 0 Å². The van der Waals surface area contributed by atoms with Gasteiger partial charge < -0.3 is 5.11 Å². The Morgan fingerprint density at radius 2 is 1.65 bits per heavy atom. The van der Waals surface area contributed by atoms with Gasteiger partial charge in [-0.15, -0.1) is 0 Å². The largest absolute Gasteiger partial charge is 0.392 e. The second-order valence-corrected chi connectivity index (χ2v) is 6.25. The number of hydrogen-bond donors (Lipinski definition) is 1. The molecule has 0 amide bonds. The first kappa shape index (κ1) is 13.1. The van der Waals surface area contributed by atoms with Crippen LogP contribution in [0.25, 0.3) is 0 Å². The maximum atomic E-state index is 9.59. The summed E-state index contributed by atoms with van der Waals surface area (Å²) in [7, 11) is 0. The van der Waals surface area contributed by atoms with E-state index in [0.717, 1.165) is 11.8 Å². The molecule has 2 rings (SSSR count). The van der Waals surface area contributed by atoms with Crippen LogP contribution in [0.4, 0.5) is 0 Å². The summed E-state index contributed by atoms with van der Waals surface area (Å²) in [4.78, 5) is 0. The monoisotopic (exact) mass is 236 g/mol. The highest BCUT2D eigenvalue weighted by molar-refractivity contribution is 5.10. The van der Waals surface area contributed by atoms with E-state index in [2.05, 4.69) is 13.0 Å². The van der Waals surface area contributed by atoms with Crippen LogP contribution in [-0.4, -0.2) is 11.7 Å². The van der Waals surface area contributed by atoms with E-state index in [1.54, 1.807) is 0 Å². The molecule has 1 heteroatoms. The van der Waals surface area contributed by atoms with E-state index >= 15 is 0 Å². The quantitative estimate of drug-likeness (QED) is 0.724. The van der Waals surface area contributed by atoms with Crippen molar-refractivity contribution in [2.24, 2.45) is 17.8 Å². The Bertz CT molecular complexity index is 242. The average molecular weight is 236 g/mol. The van der Waals surface area contributed by atoms with Gasteiger partial charge in [-0.25, -0.2) is 0 Å². The summed E-state index contributed by atoms with van der Waals surface area (Å²) in [5.74, 6) is 2.38. The van der Waals surface area contributed by atoms with Crippen molar-refractivity contribution in [3.8, 4) is 0 Å². The van der Waals surface area contributed by atoms with Crippen molar-refractivity contribution in [2.75, 3.05) is 6.61 Å². The predicted octanol–water partition coefficient (Wildman–Crippen LogP) is 4.31. The van der Waals surface area contributed by atoms with E-state index in [1.807, 2.05) is 0 Å². The van der Waals surface area contributed by atoms with E-state index in [-0.39, 0.29) is 0 Å². The maximum Gasteiger partial charge on any atom is 0.0644 e. The summed E-state index contributed by atoms with van der Waals surface area (Å²) in [5, 5.41) is 9.59. The molecule has 2 saturated carbocycles. The minimum Gasteiger partial charge on any atom is -0.392 e. The Morgan fingerprint density at radius 3 is 2.24 bits per heavy atom. The van der Waals surface area contributed by atoms with E-state index in [9.17, 15) is 5.11 Å². The minimum absolute atomic E-state index is 0.302. The zero-order valence-corrected chi connectivity index (χ0v) is 11.3. The molecule has 0 unspecified atom stereocenters. The molecule has 17 heavy (non-hydrogen) atoms. The Morgan fingerprint density at radius 1 is 1.00 bits per heavy atom. The van der Waals surface area contributed by atoms with Crippen molar-refractivity contribution in [3.63, 3.8) is 0 Å². The van der Waals surface area contributed by atoms with Crippen LogP contribution in [0, 0.1) is 17.8 Å². The topological polar surface area (TPSA) is 20.2 Å². The standard InChI is InChI=1S/C16H28O/c1-13-7-9-14(10-8-13)11-16(12-17)15-5-3-2-4-6-15/h11,13-15,17H,2-10,12H2,1H3. The van der Waals surface area contributed by atoms with E-state index in [4.69, 9.17) is 0 Å². The van der Waals surface area contributed by atoms with Crippen LogP contribution in [-0.2, 0) is 0 Å². The highest BCUT2D eigenvalue weighted by Gasteiger charge is 2.21. The Hall–Kier alpha value is -0.300. The molecule has 0 aromatic heterocycles. The van der Waals surface area contributed by atoms with Gasteiger partial charge in [-0.2, -0.15) is 0 Å². The third kappa shape index (κ3) is 3.84. The highest BCUT2D eigenvalue weighted by Crippen LogP contribution is 2.34. The second-order valence-electron chi connectivity index (χ2n) is 6.25. The van der Waals surface area contributed by atoms with Crippen LogP contribution in [0.1, 0.15) is 64.7 Å². The molecule has 0 aromatic rings. The molecule has 0 spiro atoms. The van der Waals surface area contributed by atoms with Gasteiger partial charge in [-0.05, 0) is 49.0 Å². The smallest absolute Gasteiger partial charge is 0.0644 e. The van der Waals surface area contributed by atoms with Crippen molar-refractivity contribution in [1.29, 1.82) is 0 Å². The summed E-state index contributed by atoms with van der Waals surface area (Å²) in [6.07, 6.45) is 14.7. The van der Waals surface area contributed by atoms with E-state index in [1.165, 1.54) is 63.4 Å². The van der Waals surface area contributed by atoms with Gasteiger partial charge in [0.15, 0.2) is 0 Å². The fraction of sp³-hybridized carbons (Fsp3) is 0.875. The third-order valence-corrected chi connectivity index (χ3v) is 4.82. The Balaban J connectivity index is 1.91. The van der Waals surface area contributed by atoms with E-state index in [0.29, 0.717) is 12.5 Å². The van der Waals surface area contributed by atoms with Crippen LogP contribution in [0.15, 0.2) is 11.6 Å². The third-order valence-electron chi connectivity index (χ3n) is 4.82. The summed E-state index contributed by atoms with van der Waals surface area (Å²) in [6, 6.07) is 0. The van der Waals surface area contributed by atoms with Crippen molar-refractivity contribution in [2.45, 2.75) is 64.7 Å². The zero-order valence-electron chi connectivity index (χ0n) is 11.3. The average Bonchev–Trinajstić information content (AvgIpc) is 2.39. The number of hydrogen-bond acceptors (Lipinski definition) is 1. The molecule has 0 atom stereocenters. The van der Waals surface area contributed by atoms with Crippen molar-refractivity contribution in [1.82, 2.24) is 0 Å². The summed E-state index contributed by atoms with van der Waals surface area (Å²) < 4.78 is 0. The van der Waals surface area contributed by atoms with Crippen LogP contribution in [0.2, 0.25) is 0 Å². The lowest BCUT2D eigenvalue weighted by atomic mass is 9.78. The molecule has 98 valence electrons. The summed E-state index contributed by atoms with van der Waals surface area (Å²) in [6.45, 7) is 2.67. The first-order valence-corrected chi connectivity index (χ1v) is 7.61. The van der Waals surface area contributed by atoms with Crippen LogP contribution in [0.3, 0.4) is 0 Å². The van der Waals surface area contributed by atoms with Gasteiger partial charge >= 0.3 is 0 Å². The lowest BCUT2D eigenvalue weighted by Crippen LogP contribution is -2.16. The molecule has 0 bridgehead atoms. The van der Waals surface area contributed by atoms with Gasteiger partial charge in [-0.1, -0.05) is 45.1 Å². The fourth-order valence-corrected chi connectivity index (χ4v) is 3.55. The molecule has 0 saturated heterocycles. The molecule has 0 aliphatic heterocycles. The molecule has 0 aromatic carbocycles. The van der Waals surface area contributed by atoms with Crippen LogP contribution in [0.5, 0.6) is 0 Å². The molecule has 0 heterocycles. The number of rotatable bonds is 3. The van der Waals surface area contributed by atoms with Gasteiger partial charge in [-0.3, -0.25) is 0 Å². The molecule has 0 radical (unpaired) electrons. The van der Waals surface area contributed by atoms with Crippen molar-refractivity contribution >= 4 is 0 Å². The van der Waals surface area contributed by atoms with Crippen molar-refractivity contribution < 1.29 is 5.11 Å².